The fourth-order valence-corrected chi connectivity index (χ4v) is 1.63. The number of aliphatic hydroxyl groups is 1. The highest BCUT2D eigenvalue weighted by atomic mass is 35.5. The number of ether oxygens (including phenoxy) is 1. The van der Waals surface area contributed by atoms with Crippen LogP contribution in [0.5, 0.6) is 0 Å². The monoisotopic (exact) mass is 254 g/mol. The molecule has 0 radical (unpaired) electrons. The van der Waals surface area contributed by atoms with Crippen LogP contribution in [0.25, 0.3) is 0 Å². The quantitative estimate of drug-likeness (QED) is 0.803. The van der Waals surface area contributed by atoms with Crippen LogP contribution in [-0.2, 0) is 11.3 Å². The molecule has 0 aliphatic carbocycles. The zero-order chi connectivity index (χ0) is 12.7. The molecule has 0 saturated heterocycles. The minimum Gasteiger partial charge on any atom is -0.389 e. The molecule has 0 aromatic heterocycles. The summed E-state index contributed by atoms with van der Waals surface area (Å²) >= 11 is 6.01. The third-order valence-corrected chi connectivity index (χ3v) is 2.59. The highest BCUT2D eigenvalue weighted by molar-refractivity contribution is 6.31. The van der Waals surface area contributed by atoms with Gasteiger partial charge in [-0.1, -0.05) is 17.7 Å². The lowest BCUT2D eigenvalue weighted by Gasteiger charge is -2.11. The van der Waals surface area contributed by atoms with Crippen molar-refractivity contribution >= 4 is 11.6 Å². The smallest absolute Gasteiger partial charge is 0.0992 e. The number of methoxy groups -OCH3 is 1. The van der Waals surface area contributed by atoms with E-state index in [9.17, 15) is 5.11 Å². The Morgan fingerprint density at radius 1 is 1.59 bits per heavy atom. The molecule has 0 aliphatic rings. The van der Waals surface area contributed by atoms with Gasteiger partial charge in [0.1, 0.15) is 0 Å². The van der Waals surface area contributed by atoms with Crippen molar-refractivity contribution in [1.82, 2.24) is 5.32 Å². The lowest BCUT2D eigenvalue weighted by atomic mass is 10.1. The number of nitrogens with one attached hydrogen (secondary N) is 1. The highest BCUT2D eigenvalue weighted by Crippen LogP contribution is 2.17. The van der Waals surface area contributed by atoms with Gasteiger partial charge >= 0.3 is 0 Å². The van der Waals surface area contributed by atoms with Crippen LogP contribution in [0.2, 0.25) is 5.02 Å². The number of nitriles is 1. The predicted octanol–water partition coefficient (Wildman–Crippen LogP) is 1.31. The SMILES string of the molecule is COCC(O)CNCc1ccc(C#N)cc1Cl. The van der Waals surface area contributed by atoms with E-state index >= 15 is 0 Å². The number of halogens is 1. The van der Waals surface area contributed by atoms with Crippen LogP contribution in [0.3, 0.4) is 0 Å². The molecule has 0 spiro atoms. The first-order valence-corrected chi connectivity index (χ1v) is 5.61. The number of nitrogens with zero attached hydrogens (tertiary/aromatic N) is 1. The van der Waals surface area contributed by atoms with Gasteiger partial charge in [0.2, 0.25) is 0 Å². The van der Waals surface area contributed by atoms with Gasteiger partial charge < -0.3 is 15.2 Å². The van der Waals surface area contributed by atoms with E-state index in [2.05, 4.69) is 5.32 Å². The summed E-state index contributed by atoms with van der Waals surface area (Å²) in [5.74, 6) is 0. The Balaban J connectivity index is 2.45. The second-order valence-corrected chi connectivity index (χ2v) is 4.07. The van der Waals surface area contributed by atoms with Crippen LogP contribution >= 0.6 is 11.6 Å². The molecule has 1 unspecified atom stereocenters. The summed E-state index contributed by atoms with van der Waals surface area (Å²) in [6, 6.07) is 7.17. The second kappa shape index (κ2) is 7.25. The molecular weight excluding hydrogens is 240 g/mol. The van der Waals surface area contributed by atoms with Crippen molar-refractivity contribution in [2.24, 2.45) is 0 Å². The van der Waals surface area contributed by atoms with Gasteiger partial charge in [-0.2, -0.15) is 5.26 Å². The number of aliphatic hydroxyl groups excluding tert-OH is 1. The Hall–Kier alpha value is -1.12. The average Bonchev–Trinajstić information content (AvgIpc) is 2.31. The van der Waals surface area contributed by atoms with Crippen LogP contribution in [-0.4, -0.2) is 31.5 Å². The van der Waals surface area contributed by atoms with Crippen molar-refractivity contribution in [3.05, 3.63) is 34.3 Å². The third-order valence-electron chi connectivity index (χ3n) is 2.24. The lowest BCUT2D eigenvalue weighted by molar-refractivity contribution is 0.0644. The maximum absolute atomic E-state index is 9.42. The maximum Gasteiger partial charge on any atom is 0.0992 e. The molecule has 0 bridgehead atoms. The van der Waals surface area contributed by atoms with E-state index in [0.717, 1.165) is 5.56 Å². The lowest BCUT2D eigenvalue weighted by Crippen LogP contribution is -2.29. The van der Waals surface area contributed by atoms with Gasteiger partial charge in [-0.25, -0.2) is 0 Å². The van der Waals surface area contributed by atoms with Crippen molar-refractivity contribution in [1.29, 1.82) is 5.26 Å². The third kappa shape index (κ3) is 4.72. The normalized spacial score (nSPS) is 12.1. The number of hydrogen-bond acceptors (Lipinski definition) is 4. The molecule has 1 rings (SSSR count). The minimum atomic E-state index is -0.530. The fourth-order valence-electron chi connectivity index (χ4n) is 1.38. The average molecular weight is 255 g/mol. The maximum atomic E-state index is 9.42. The van der Waals surface area contributed by atoms with Gasteiger partial charge in [0.25, 0.3) is 0 Å². The minimum absolute atomic E-state index is 0.300. The van der Waals surface area contributed by atoms with E-state index in [4.69, 9.17) is 21.6 Å². The first kappa shape index (κ1) is 13.9. The topological polar surface area (TPSA) is 65.3 Å². The number of rotatable bonds is 6. The molecule has 92 valence electrons. The van der Waals surface area contributed by atoms with E-state index in [1.807, 2.05) is 6.07 Å². The van der Waals surface area contributed by atoms with Gasteiger partial charge in [0, 0.05) is 25.2 Å². The van der Waals surface area contributed by atoms with Gasteiger partial charge in [-0.05, 0) is 17.7 Å². The Labute approximate surface area is 106 Å². The van der Waals surface area contributed by atoms with Crippen molar-refractivity contribution < 1.29 is 9.84 Å². The molecule has 0 heterocycles. The molecule has 1 atom stereocenters. The molecule has 1 aromatic carbocycles. The van der Waals surface area contributed by atoms with Crippen molar-refractivity contribution in [2.45, 2.75) is 12.6 Å². The fraction of sp³-hybridized carbons (Fsp3) is 0.417. The summed E-state index contributed by atoms with van der Waals surface area (Å²) in [7, 11) is 1.54. The van der Waals surface area contributed by atoms with E-state index in [1.54, 1.807) is 25.3 Å². The summed E-state index contributed by atoms with van der Waals surface area (Å²) in [5, 5.41) is 21.7. The van der Waals surface area contributed by atoms with Crippen LogP contribution in [0.15, 0.2) is 18.2 Å². The van der Waals surface area contributed by atoms with Crippen LogP contribution in [0, 0.1) is 11.3 Å². The van der Waals surface area contributed by atoms with Gasteiger partial charge in [-0.3, -0.25) is 0 Å². The molecule has 0 amide bonds. The molecule has 0 saturated carbocycles. The van der Waals surface area contributed by atoms with Crippen LogP contribution in [0.1, 0.15) is 11.1 Å². The first-order valence-electron chi connectivity index (χ1n) is 5.23. The molecular formula is C12H15ClN2O2. The number of hydrogen-bond donors (Lipinski definition) is 2. The first-order chi connectivity index (χ1) is 8.17. The standard InChI is InChI=1S/C12H15ClN2O2/c1-17-8-11(16)7-15-6-10-3-2-9(5-14)4-12(10)13/h2-4,11,15-16H,6-8H2,1H3. The van der Waals surface area contributed by atoms with Gasteiger partial charge in [0.15, 0.2) is 0 Å². The second-order valence-electron chi connectivity index (χ2n) is 3.66. The Kier molecular flexibility index (Phi) is 5.95. The summed E-state index contributed by atoms with van der Waals surface area (Å²) < 4.78 is 4.81. The Bertz CT molecular complexity index is 404. The highest BCUT2D eigenvalue weighted by Gasteiger charge is 2.04. The summed E-state index contributed by atoms with van der Waals surface area (Å²) in [6.45, 7) is 1.28. The zero-order valence-electron chi connectivity index (χ0n) is 9.61. The van der Waals surface area contributed by atoms with Gasteiger partial charge in [0.05, 0.1) is 24.3 Å². The van der Waals surface area contributed by atoms with E-state index in [1.165, 1.54) is 0 Å². The van der Waals surface area contributed by atoms with E-state index in [0.29, 0.717) is 30.3 Å². The molecule has 4 nitrogen and oxygen atoms in total. The Morgan fingerprint density at radius 2 is 2.35 bits per heavy atom. The molecule has 17 heavy (non-hydrogen) atoms. The van der Waals surface area contributed by atoms with E-state index < -0.39 is 6.10 Å². The van der Waals surface area contributed by atoms with E-state index in [-0.39, 0.29) is 0 Å². The molecule has 5 heteroatoms. The predicted molar refractivity (Wildman–Crippen MR) is 65.8 cm³/mol. The summed E-state index contributed by atoms with van der Waals surface area (Å²) in [4.78, 5) is 0. The molecule has 1 aromatic rings. The van der Waals surface area contributed by atoms with Crippen molar-refractivity contribution in [2.75, 3.05) is 20.3 Å². The number of benzene rings is 1. The van der Waals surface area contributed by atoms with Crippen molar-refractivity contribution in [3.63, 3.8) is 0 Å². The van der Waals surface area contributed by atoms with Crippen LogP contribution < -0.4 is 5.32 Å². The Morgan fingerprint density at radius 3 is 2.94 bits per heavy atom. The van der Waals surface area contributed by atoms with Crippen molar-refractivity contribution in [3.8, 4) is 6.07 Å². The largest absolute Gasteiger partial charge is 0.389 e. The zero-order valence-corrected chi connectivity index (χ0v) is 10.4. The molecule has 2 N–H and O–H groups in total. The van der Waals surface area contributed by atoms with Crippen LogP contribution in [0.4, 0.5) is 0 Å². The summed E-state index contributed by atoms with van der Waals surface area (Å²) in [5.41, 5.74) is 1.44. The molecule has 0 fully saturated rings. The molecule has 0 aliphatic heterocycles. The summed E-state index contributed by atoms with van der Waals surface area (Å²) in [6.07, 6.45) is -0.530. The van der Waals surface area contributed by atoms with Gasteiger partial charge in [-0.15, -0.1) is 0 Å².